The van der Waals surface area contributed by atoms with Crippen molar-refractivity contribution in [3.63, 3.8) is 0 Å². The third-order valence-electron chi connectivity index (χ3n) is 4.56. The zero-order valence-corrected chi connectivity index (χ0v) is 20.0. The van der Waals surface area contributed by atoms with Gasteiger partial charge >= 0.3 is 0 Å². The summed E-state index contributed by atoms with van der Waals surface area (Å²) in [6.45, 7) is 6.02. The number of thioether (sulfide) groups is 1. The van der Waals surface area contributed by atoms with E-state index >= 15 is 0 Å². The predicted molar refractivity (Wildman–Crippen MR) is 130 cm³/mol. The number of hydrogen-bond donors (Lipinski definition) is 1. The molecule has 3 rings (SSSR count). The van der Waals surface area contributed by atoms with Crippen LogP contribution in [0.4, 0.5) is 11.4 Å². The van der Waals surface area contributed by atoms with Crippen molar-refractivity contribution >= 4 is 40.6 Å². The lowest BCUT2D eigenvalue weighted by Crippen LogP contribution is -2.16. The number of nitro benzene ring substituents is 1. The van der Waals surface area contributed by atoms with E-state index in [-0.39, 0.29) is 22.2 Å². The van der Waals surface area contributed by atoms with Gasteiger partial charge in [0.05, 0.1) is 28.5 Å². The molecule has 1 unspecified atom stereocenters. The second kappa shape index (κ2) is 11.5. The molecule has 0 fully saturated rings. The maximum absolute atomic E-state index is 12.5. The summed E-state index contributed by atoms with van der Waals surface area (Å²) in [6, 6.07) is 11.1. The number of para-hydroxylation sites is 2. The number of methoxy groups -OCH3 is 1. The number of ether oxygens (including phenoxy) is 2. The van der Waals surface area contributed by atoms with Crippen molar-refractivity contribution in [1.29, 1.82) is 0 Å². The van der Waals surface area contributed by atoms with Crippen LogP contribution < -0.4 is 14.8 Å². The van der Waals surface area contributed by atoms with Crippen LogP contribution in [0.2, 0.25) is 5.02 Å². The quantitative estimate of drug-likeness (QED) is 0.169. The third kappa shape index (κ3) is 6.06. The maximum Gasteiger partial charge on any atom is 0.271 e. The Hall–Kier alpha value is -3.57. The molecule has 0 bridgehead atoms. The number of non-ortho nitro benzene ring substituents is 1. The van der Waals surface area contributed by atoms with Gasteiger partial charge in [-0.3, -0.25) is 19.5 Å². The number of carbonyl (C=O) groups is 1. The number of nitrogens with one attached hydrogen (secondary N) is 1. The van der Waals surface area contributed by atoms with Crippen LogP contribution in [0.5, 0.6) is 11.5 Å². The molecule has 0 aliphatic rings. The number of rotatable bonds is 11. The van der Waals surface area contributed by atoms with Gasteiger partial charge < -0.3 is 14.8 Å². The average molecular weight is 504 g/mol. The van der Waals surface area contributed by atoms with Gasteiger partial charge in [-0.05, 0) is 25.1 Å². The standard InChI is InChI=1S/C22H22ClN5O5S/c1-4-11-27-21(14(2)33-19-8-6-5-7-18(19)32-3)25-26-22(27)34-13-20(29)24-17-12-15(28(30)31)9-10-16(17)23/h4-10,12,14H,1,11,13H2,2-3H3,(H,24,29). The van der Waals surface area contributed by atoms with Crippen molar-refractivity contribution in [2.24, 2.45) is 0 Å². The molecule has 178 valence electrons. The van der Waals surface area contributed by atoms with E-state index in [1.807, 2.05) is 19.1 Å². The molecular weight excluding hydrogens is 482 g/mol. The van der Waals surface area contributed by atoms with Crippen LogP contribution in [0.1, 0.15) is 18.9 Å². The van der Waals surface area contributed by atoms with E-state index in [1.165, 1.54) is 18.2 Å². The Morgan fingerprint density at radius 1 is 1.32 bits per heavy atom. The average Bonchev–Trinajstić information content (AvgIpc) is 3.22. The Labute approximate surface area is 205 Å². The summed E-state index contributed by atoms with van der Waals surface area (Å²) in [5, 5.41) is 22.7. The maximum atomic E-state index is 12.5. The number of carbonyl (C=O) groups excluding carboxylic acids is 1. The van der Waals surface area contributed by atoms with Gasteiger partial charge in [-0.2, -0.15) is 0 Å². The third-order valence-corrected chi connectivity index (χ3v) is 5.86. The first-order valence-electron chi connectivity index (χ1n) is 10.0. The van der Waals surface area contributed by atoms with E-state index < -0.39 is 16.9 Å². The van der Waals surface area contributed by atoms with E-state index in [0.29, 0.717) is 29.0 Å². The molecule has 3 aromatic rings. The van der Waals surface area contributed by atoms with Crippen molar-refractivity contribution in [1.82, 2.24) is 14.8 Å². The number of nitro groups is 1. The van der Waals surface area contributed by atoms with Gasteiger partial charge in [0.2, 0.25) is 5.91 Å². The van der Waals surface area contributed by atoms with Crippen LogP contribution in [0, 0.1) is 10.1 Å². The highest BCUT2D eigenvalue weighted by Crippen LogP contribution is 2.31. The molecule has 1 amide bonds. The number of amides is 1. The van der Waals surface area contributed by atoms with Gasteiger partial charge in [-0.1, -0.05) is 41.6 Å². The molecule has 34 heavy (non-hydrogen) atoms. The lowest BCUT2D eigenvalue weighted by molar-refractivity contribution is -0.384. The summed E-state index contributed by atoms with van der Waals surface area (Å²) in [4.78, 5) is 22.9. The molecule has 1 N–H and O–H groups in total. The van der Waals surface area contributed by atoms with Crippen molar-refractivity contribution in [2.45, 2.75) is 24.7 Å². The molecule has 1 aromatic heterocycles. The fourth-order valence-electron chi connectivity index (χ4n) is 3.01. The van der Waals surface area contributed by atoms with E-state index in [2.05, 4.69) is 22.1 Å². The normalized spacial score (nSPS) is 11.5. The van der Waals surface area contributed by atoms with E-state index in [0.717, 1.165) is 11.8 Å². The van der Waals surface area contributed by atoms with Crippen LogP contribution in [0.3, 0.4) is 0 Å². The summed E-state index contributed by atoms with van der Waals surface area (Å²) in [7, 11) is 1.56. The Bertz CT molecular complexity index is 1200. The number of benzene rings is 2. The Morgan fingerprint density at radius 2 is 2.06 bits per heavy atom. The second-order valence-electron chi connectivity index (χ2n) is 6.91. The number of anilines is 1. The van der Waals surface area contributed by atoms with Crippen molar-refractivity contribution < 1.29 is 19.2 Å². The monoisotopic (exact) mass is 503 g/mol. The highest BCUT2D eigenvalue weighted by atomic mass is 35.5. The first kappa shape index (κ1) is 25.1. The molecule has 0 saturated heterocycles. The SMILES string of the molecule is C=CCn1c(SCC(=O)Nc2cc([N+](=O)[O-])ccc2Cl)nnc1C(C)Oc1ccccc1OC. The van der Waals surface area contributed by atoms with Crippen LogP contribution >= 0.6 is 23.4 Å². The minimum atomic E-state index is -0.561. The zero-order chi connectivity index (χ0) is 24.7. The molecular formula is C22H22ClN5O5S. The molecule has 0 spiro atoms. The fourth-order valence-corrected chi connectivity index (χ4v) is 3.93. The summed E-state index contributed by atoms with van der Waals surface area (Å²) in [5.41, 5.74) is -0.0136. The van der Waals surface area contributed by atoms with E-state index in [1.54, 1.807) is 29.9 Å². The summed E-state index contributed by atoms with van der Waals surface area (Å²) >= 11 is 7.21. The highest BCUT2D eigenvalue weighted by molar-refractivity contribution is 7.99. The van der Waals surface area contributed by atoms with Gasteiger partial charge in [-0.15, -0.1) is 16.8 Å². The Balaban J connectivity index is 1.71. The lowest BCUT2D eigenvalue weighted by Gasteiger charge is -2.17. The van der Waals surface area contributed by atoms with Gasteiger partial charge in [-0.25, -0.2) is 0 Å². The van der Waals surface area contributed by atoms with Crippen LogP contribution in [0.25, 0.3) is 0 Å². The lowest BCUT2D eigenvalue weighted by atomic mass is 10.3. The van der Waals surface area contributed by atoms with E-state index in [4.69, 9.17) is 21.1 Å². The predicted octanol–water partition coefficient (Wildman–Crippen LogP) is 4.91. The minimum Gasteiger partial charge on any atom is -0.493 e. The second-order valence-corrected chi connectivity index (χ2v) is 8.26. The Morgan fingerprint density at radius 3 is 2.74 bits per heavy atom. The molecule has 10 nitrogen and oxygen atoms in total. The summed E-state index contributed by atoms with van der Waals surface area (Å²) in [6.07, 6.45) is 1.23. The van der Waals surface area contributed by atoms with Gasteiger partial charge in [0.25, 0.3) is 5.69 Å². The largest absolute Gasteiger partial charge is 0.493 e. The molecule has 0 radical (unpaired) electrons. The first-order valence-corrected chi connectivity index (χ1v) is 11.4. The van der Waals surface area contributed by atoms with Gasteiger partial charge in [0.15, 0.2) is 28.6 Å². The number of nitrogens with zero attached hydrogens (tertiary/aromatic N) is 4. The number of hydrogen-bond acceptors (Lipinski definition) is 8. The molecule has 2 aromatic carbocycles. The van der Waals surface area contributed by atoms with Crippen molar-refractivity contribution in [3.05, 3.63) is 76.1 Å². The van der Waals surface area contributed by atoms with E-state index in [9.17, 15) is 14.9 Å². The topological polar surface area (TPSA) is 121 Å². The number of halogens is 1. The van der Waals surface area contributed by atoms with Crippen molar-refractivity contribution in [3.8, 4) is 11.5 Å². The number of allylic oxidation sites excluding steroid dienone is 1. The molecule has 1 atom stereocenters. The Kier molecular flexibility index (Phi) is 8.50. The van der Waals surface area contributed by atoms with Gasteiger partial charge in [0.1, 0.15) is 0 Å². The minimum absolute atomic E-state index is 0.0178. The molecule has 1 heterocycles. The summed E-state index contributed by atoms with van der Waals surface area (Å²) in [5.74, 6) is 1.29. The van der Waals surface area contributed by atoms with Crippen LogP contribution in [-0.4, -0.2) is 38.5 Å². The van der Waals surface area contributed by atoms with Crippen LogP contribution in [-0.2, 0) is 11.3 Å². The molecule has 0 aliphatic heterocycles. The van der Waals surface area contributed by atoms with Crippen LogP contribution in [0.15, 0.2) is 60.3 Å². The summed E-state index contributed by atoms with van der Waals surface area (Å²) < 4.78 is 13.2. The van der Waals surface area contributed by atoms with Crippen molar-refractivity contribution in [2.75, 3.05) is 18.2 Å². The first-order chi connectivity index (χ1) is 16.3. The molecule has 0 saturated carbocycles. The van der Waals surface area contributed by atoms with Gasteiger partial charge in [0, 0.05) is 18.7 Å². The molecule has 12 heteroatoms. The molecule has 0 aliphatic carbocycles. The number of aromatic nitrogens is 3. The zero-order valence-electron chi connectivity index (χ0n) is 18.4. The highest BCUT2D eigenvalue weighted by Gasteiger charge is 2.21. The fraction of sp³-hybridized carbons (Fsp3) is 0.227. The smallest absolute Gasteiger partial charge is 0.271 e.